The molecule has 1 fully saturated rings. The van der Waals surface area contributed by atoms with Gasteiger partial charge >= 0.3 is 14.3 Å². The van der Waals surface area contributed by atoms with Crippen LogP contribution in [0.5, 0.6) is 0 Å². The van der Waals surface area contributed by atoms with Gasteiger partial charge in [0.15, 0.2) is 5.72 Å². The van der Waals surface area contributed by atoms with Gasteiger partial charge < -0.3 is 29.3 Å². The number of aromatic amines is 1. The van der Waals surface area contributed by atoms with E-state index in [0.29, 0.717) is 0 Å². The van der Waals surface area contributed by atoms with Crippen molar-refractivity contribution < 1.29 is 29.3 Å². The summed E-state index contributed by atoms with van der Waals surface area (Å²) >= 11 is 0. The Kier molecular flexibility index (Phi) is 7.68. The van der Waals surface area contributed by atoms with E-state index in [4.69, 9.17) is 14.5 Å². The first-order valence-corrected chi connectivity index (χ1v) is 8.57. The Bertz CT molecular complexity index is 646. The summed E-state index contributed by atoms with van der Waals surface area (Å²) in [7, 11) is -2.58. The van der Waals surface area contributed by atoms with Crippen LogP contribution in [0.2, 0.25) is 0 Å². The normalized spacial score (nSPS) is 26.3. The maximum atomic E-state index is 12.0. The molecule has 24 heavy (non-hydrogen) atoms. The van der Waals surface area contributed by atoms with Gasteiger partial charge in [0.1, 0.15) is 6.10 Å². The Morgan fingerprint density at radius 1 is 1.46 bits per heavy atom. The quantitative estimate of drug-likeness (QED) is 0.411. The zero-order valence-electron chi connectivity index (χ0n) is 13.7. The molecule has 3 atom stereocenters. The van der Waals surface area contributed by atoms with E-state index >= 15 is 0 Å². The van der Waals surface area contributed by atoms with Crippen LogP contribution >= 0.6 is 8.60 Å². The van der Waals surface area contributed by atoms with Gasteiger partial charge in [0.05, 0.1) is 19.3 Å². The maximum Gasteiger partial charge on any atom is 0.331 e. The van der Waals surface area contributed by atoms with Crippen LogP contribution in [-0.4, -0.2) is 55.0 Å². The maximum absolute atomic E-state index is 12.0. The minimum absolute atomic E-state index is 0.00867. The van der Waals surface area contributed by atoms with E-state index in [1.807, 2.05) is 18.8 Å². The zero-order valence-corrected chi connectivity index (χ0v) is 14.6. The second kappa shape index (κ2) is 8.82. The average Bonchev–Trinajstić information content (AvgIpc) is 2.83. The van der Waals surface area contributed by atoms with Crippen molar-refractivity contribution in [3.8, 4) is 0 Å². The van der Waals surface area contributed by atoms with E-state index in [0.717, 1.165) is 10.6 Å². The molecule has 0 amide bonds. The molecule has 0 bridgehead atoms. The second-order valence-electron chi connectivity index (χ2n) is 4.96. The number of H-pyrrole nitrogens is 1. The molecule has 1 saturated heterocycles. The van der Waals surface area contributed by atoms with Crippen LogP contribution in [0.15, 0.2) is 15.7 Å². The average molecular weight is 366 g/mol. The fourth-order valence-corrected chi connectivity index (χ4v) is 2.90. The highest BCUT2D eigenvalue weighted by molar-refractivity contribution is 7.39. The Morgan fingerprint density at radius 2 is 2.08 bits per heavy atom. The predicted molar refractivity (Wildman–Crippen MR) is 85.3 cm³/mol. The predicted octanol–water partition coefficient (Wildman–Crippen LogP) is -1.11. The second-order valence-corrected chi connectivity index (χ2v) is 5.72. The minimum atomic E-state index is -2.58. The van der Waals surface area contributed by atoms with E-state index in [1.165, 1.54) is 6.92 Å². The number of hydrogen-bond donors (Lipinski definition) is 5. The molecule has 1 aliphatic rings. The lowest BCUT2D eigenvalue weighted by Crippen LogP contribution is -2.53. The van der Waals surface area contributed by atoms with E-state index in [-0.39, 0.29) is 18.7 Å². The third-order valence-electron chi connectivity index (χ3n) is 3.48. The number of nitrogens with one attached hydrogen (secondary N) is 1. The molecule has 0 aliphatic carbocycles. The lowest BCUT2D eigenvalue weighted by atomic mass is 10.1. The third-order valence-corrected chi connectivity index (χ3v) is 3.86. The van der Waals surface area contributed by atoms with E-state index in [9.17, 15) is 19.8 Å². The summed E-state index contributed by atoms with van der Waals surface area (Å²) in [5, 5.41) is 19.9. The van der Waals surface area contributed by atoms with Crippen LogP contribution in [0.25, 0.3) is 0 Å². The summed E-state index contributed by atoms with van der Waals surface area (Å²) in [4.78, 5) is 42.8. The Hall–Kier alpha value is -1.13. The highest BCUT2D eigenvalue weighted by atomic mass is 31.2. The number of ether oxygens (including phenoxy) is 1. The highest BCUT2D eigenvalue weighted by Crippen LogP contribution is 2.36. The molecule has 2 heterocycles. The third kappa shape index (κ3) is 4.28. The summed E-state index contributed by atoms with van der Waals surface area (Å²) in [6.07, 6.45) is -2.00. The number of rotatable bonds is 5. The van der Waals surface area contributed by atoms with E-state index in [2.05, 4.69) is 4.52 Å². The van der Waals surface area contributed by atoms with Crippen LogP contribution in [0, 0.1) is 6.92 Å². The Balaban J connectivity index is 0.00000139. The van der Waals surface area contributed by atoms with Crippen LogP contribution in [0.4, 0.5) is 0 Å². The monoisotopic (exact) mass is 366 g/mol. The smallest absolute Gasteiger partial charge is 0.331 e. The van der Waals surface area contributed by atoms with Crippen LogP contribution in [-0.2, 0) is 15.0 Å². The first kappa shape index (κ1) is 20.9. The molecule has 138 valence electrons. The molecule has 11 heteroatoms. The van der Waals surface area contributed by atoms with Crippen LogP contribution < -0.4 is 11.2 Å². The van der Waals surface area contributed by atoms with Gasteiger partial charge in [0, 0.05) is 18.2 Å². The van der Waals surface area contributed by atoms with Crippen molar-refractivity contribution in [2.24, 2.45) is 0 Å². The molecule has 10 nitrogen and oxygen atoms in total. The summed E-state index contributed by atoms with van der Waals surface area (Å²) in [6.45, 7) is 4.52. The highest BCUT2D eigenvalue weighted by Gasteiger charge is 2.50. The summed E-state index contributed by atoms with van der Waals surface area (Å²) in [5.74, 6) is 0. The van der Waals surface area contributed by atoms with Gasteiger partial charge in [-0.2, -0.15) is 0 Å². The number of aromatic nitrogens is 2. The molecule has 0 spiro atoms. The van der Waals surface area contributed by atoms with Crippen molar-refractivity contribution in [1.29, 1.82) is 0 Å². The fourth-order valence-electron chi connectivity index (χ4n) is 2.60. The first-order valence-electron chi connectivity index (χ1n) is 7.41. The molecule has 2 rings (SSSR count). The van der Waals surface area contributed by atoms with Gasteiger partial charge in [-0.3, -0.25) is 14.3 Å². The van der Waals surface area contributed by atoms with Crippen molar-refractivity contribution in [2.75, 3.05) is 13.2 Å². The van der Waals surface area contributed by atoms with Crippen molar-refractivity contribution in [3.05, 3.63) is 32.6 Å². The van der Waals surface area contributed by atoms with Gasteiger partial charge in [-0.25, -0.2) is 4.79 Å². The molecule has 1 aromatic rings. The SMILES string of the molecule is CC.Cc1cc(=O)[nH]c(=O)n1C1(CO)OC(COP(O)O)CC1O. The van der Waals surface area contributed by atoms with Crippen molar-refractivity contribution in [2.45, 2.75) is 45.1 Å². The van der Waals surface area contributed by atoms with Gasteiger partial charge in [-0.1, -0.05) is 13.8 Å². The lowest BCUT2D eigenvalue weighted by molar-refractivity contribution is -0.174. The number of aliphatic hydroxyl groups excluding tert-OH is 2. The van der Waals surface area contributed by atoms with E-state index in [1.54, 1.807) is 0 Å². The molecule has 0 saturated carbocycles. The molecular formula is C13H23N2O8P. The molecular weight excluding hydrogens is 343 g/mol. The zero-order chi connectivity index (χ0) is 18.5. The van der Waals surface area contributed by atoms with Crippen molar-refractivity contribution >= 4 is 8.60 Å². The van der Waals surface area contributed by atoms with Crippen molar-refractivity contribution in [3.63, 3.8) is 0 Å². The van der Waals surface area contributed by atoms with Gasteiger partial charge in [-0.05, 0) is 6.92 Å². The Morgan fingerprint density at radius 3 is 2.58 bits per heavy atom. The molecule has 1 aliphatic heterocycles. The molecule has 1 aromatic heterocycles. The minimum Gasteiger partial charge on any atom is -0.391 e. The molecule has 0 aromatic carbocycles. The molecule has 3 unspecified atom stereocenters. The van der Waals surface area contributed by atoms with Crippen molar-refractivity contribution in [1.82, 2.24) is 9.55 Å². The number of aryl methyl sites for hydroxylation is 1. The van der Waals surface area contributed by atoms with Gasteiger partial charge in [0.25, 0.3) is 5.56 Å². The topological polar surface area (TPSA) is 154 Å². The number of aliphatic hydroxyl groups is 2. The largest absolute Gasteiger partial charge is 0.391 e. The Labute approximate surface area is 139 Å². The van der Waals surface area contributed by atoms with E-state index < -0.39 is 44.4 Å². The standard InChI is InChI=1S/C11H17N2O8P.C2H6/c1-6-2-9(16)12-10(17)13(6)11(5-14)8(15)3-7(21-11)4-20-22(18)19;1-2/h2,7-8,14-15,18-19H,3-5H2,1H3,(H,12,16,17);1-2H3. The summed E-state index contributed by atoms with van der Waals surface area (Å²) in [5.41, 5.74) is -3.00. The van der Waals surface area contributed by atoms with Crippen LogP contribution in [0.3, 0.4) is 0 Å². The van der Waals surface area contributed by atoms with Gasteiger partial charge in [0.2, 0.25) is 0 Å². The molecule has 5 N–H and O–H groups in total. The number of hydrogen-bond acceptors (Lipinski definition) is 8. The fraction of sp³-hybridized carbons (Fsp3) is 0.692. The van der Waals surface area contributed by atoms with Gasteiger partial charge in [-0.15, -0.1) is 0 Å². The molecule has 0 radical (unpaired) electrons. The summed E-state index contributed by atoms with van der Waals surface area (Å²) < 4.78 is 11.2. The number of nitrogens with zero attached hydrogens (tertiary/aromatic N) is 1. The first-order chi connectivity index (χ1) is 11.3. The van der Waals surface area contributed by atoms with Crippen LogP contribution in [0.1, 0.15) is 26.0 Å². The lowest BCUT2D eigenvalue weighted by Gasteiger charge is -2.33. The summed E-state index contributed by atoms with van der Waals surface area (Å²) in [6, 6.07) is 1.14.